The third-order valence-corrected chi connectivity index (χ3v) is 2.67. The van der Waals surface area contributed by atoms with Crippen molar-refractivity contribution in [1.82, 2.24) is 5.48 Å². The highest BCUT2D eigenvalue weighted by atomic mass is 16.7. The van der Waals surface area contributed by atoms with Gasteiger partial charge in [-0.3, -0.25) is 14.4 Å². The topological polar surface area (TPSA) is 64.6 Å². The van der Waals surface area contributed by atoms with Crippen LogP contribution in [0.25, 0.3) is 0 Å². The molecule has 0 spiro atoms. The maximum absolute atomic E-state index is 11.6. The fraction of sp³-hybridized carbons (Fsp3) is 0.125. The van der Waals surface area contributed by atoms with E-state index in [0.29, 0.717) is 17.6 Å². The van der Waals surface area contributed by atoms with E-state index in [1.54, 1.807) is 24.3 Å². The minimum Gasteiger partial charge on any atom is -0.483 e. The number of benzene rings is 2. The Morgan fingerprint density at radius 1 is 1.05 bits per heavy atom. The molecule has 0 saturated carbocycles. The van der Waals surface area contributed by atoms with E-state index in [-0.39, 0.29) is 13.2 Å². The molecule has 0 radical (unpaired) electrons. The summed E-state index contributed by atoms with van der Waals surface area (Å²) in [4.78, 5) is 27.4. The van der Waals surface area contributed by atoms with E-state index in [4.69, 9.17) is 9.57 Å². The van der Waals surface area contributed by atoms with E-state index in [1.165, 1.54) is 0 Å². The Hall–Kier alpha value is -2.66. The number of nitrogens with one attached hydrogen (secondary N) is 1. The molecule has 21 heavy (non-hydrogen) atoms. The third kappa shape index (κ3) is 4.74. The summed E-state index contributed by atoms with van der Waals surface area (Å²) >= 11 is 0. The summed E-state index contributed by atoms with van der Waals surface area (Å²) in [6, 6.07) is 16.2. The summed E-state index contributed by atoms with van der Waals surface area (Å²) in [5.41, 5.74) is 3.63. The molecule has 2 rings (SSSR count). The molecule has 0 aliphatic carbocycles. The molecule has 0 heterocycles. The van der Waals surface area contributed by atoms with E-state index >= 15 is 0 Å². The van der Waals surface area contributed by atoms with Crippen LogP contribution in [0.4, 0.5) is 0 Å². The van der Waals surface area contributed by atoms with E-state index in [0.717, 1.165) is 5.56 Å². The lowest BCUT2D eigenvalue weighted by Gasteiger charge is -2.09. The monoisotopic (exact) mass is 285 g/mol. The van der Waals surface area contributed by atoms with Crippen LogP contribution in [0.1, 0.15) is 15.9 Å². The molecule has 1 N–H and O–H groups in total. The van der Waals surface area contributed by atoms with Gasteiger partial charge < -0.3 is 4.74 Å². The molecule has 2 aromatic carbocycles. The molecule has 0 atom stereocenters. The van der Waals surface area contributed by atoms with Crippen LogP contribution in [0.5, 0.6) is 5.75 Å². The predicted octanol–water partition coefficient (Wildman–Crippen LogP) is 2.13. The van der Waals surface area contributed by atoms with Crippen LogP contribution in [0.15, 0.2) is 54.6 Å². The maximum atomic E-state index is 11.6. The summed E-state index contributed by atoms with van der Waals surface area (Å²) in [6.07, 6.45) is 0.680. The first-order valence-corrected chi connectivity index (χ1v) is 6.41. The fourth-order valence-electron chi connectivity index (χ4n) is 1.66. The van der Waals surface area contributed by atoms with Crippen molar-refractivity contribution < 1.29 is 19.2 Å². The zero-order chi connectivity index (χ0) is 14.9. The SMILES string of the molecule is O=Cc1ccccc1OCC(=O)NOCc1ccccc1. The fourth-order valence-corrected chi connectivity index (χ4v) is 1.66. The standard InChI is InChI=1S/C16H15NO4/c18-10-14-8-4-5-9-15(14)20-12-16(19)17-21-11-13-6-2-1-3-7-13/h1-10H,11-12H2,(H,17,19). The summed E-state index contributed by atoms with van der Waals surface area (Å²) in [5.74, 6) is -0.0580. The molecular formula is C16H15NO4. The van der Waals surface area contributed by atoms with Crippen molar-refractivity contribution in [1.29, 1.82) is 0 Å². The summed E-state index contributed by atoms with van der Waals surface area (Å²) < 4.78 is 5.27. The number of rotatable bonds is 7. The van der Waals surface area contributed by atoms with Gasteiger partial charge >= 0.3 is 0 Å². The number of para-hydroxylation sites is 1. The van der Waals surface area contributed by atoms with Crippen LogP contribution in [0.3, 0.4) is 0 Å². The van der Waals surface area contributed by atoms with Crippen molar-refractivity contribution in [2.75, 3.05) is 6.61 Å². The van der Waals surface area contributed by atoms with Crippen molar-refractivity contribution in [3.05, 3.63) is 65.7 Å². The lowest BCUT2D eigenvalue weighted by molar-refractivity contribution is -0.136. The molecule has 0 aliphatic heterocycles. The zero-order valence-electron chi connectivity index (χ0n) is 11.3. The normalized spacial score (nSPS) is 9.90. The molecule has 0 fully saturated rings. The number of hydrogen-bond acceptors (Lipinski definition) is 4. The van der Waals surface area contributed by atoms with Gasteiger partial charge in [0.2, 0.25) is 0 Å². The lowest BCUT2D eigenvalue weighted by atomic mass is 10.2. The highest BCUT2D eigenvalue weighted by molar-refractivity contribution is 5.80. The molecule has 0 aliphatic rings. The number of carbonyl (C=O) groups is 2. The molecular weight excluding hydrogens is 270 g/mol. The van der Waals surface area contributed by atoms with Gasteiger partial charge in [-0.05, 0) is 17.7 Å². The van der Waals surface area contributed by atoms with Crippen molar-refractivity contribution in [3.8, 4) is 5.75 Å². The van der Waals surface area contributed by atoms with Crippen LogP contribution in [-0.2, 0) is 16.2 Å². The predicted molar refractivity (Wildman–Crippen MR) is 76.7 cm³/mol. The zero-order valence-corrected chi connectivity index (χ0v) is 11.3. The first kappa shape index (κ1) is 14.7. The molecule has 5 heteroatoms. The molecule has 108 valence electrons. The van der Waals surface area contributed by atoms with Gasteiger partial charge in [0, 0.05) is 0 Å². The molecule has 0 saturated heterocycles. The second kappa shape index (κ2) is 7.81. The molecule has 2 aromatic rings. The number of ether oxygens (including phenoxy) is 1. The largest absolute Gasteiger partial charge is 0.483 e. The molecule has 0 aromatic heterocycles. The Bertz CT molecular complexity index is 598. The summed E-state index contributed by atoms with van der Waals surface area (Å²) in [7, 11) is 0. The first-order chi connectivity index (χ1) is 10.3. The van der Waals surface area contributed by atoms with Gasteiger partial charge in [-0.25, -0.2) is 5.48 Å². The first-order valence-electron chi connectivity index (χ1n) is 6.41. The Balaban J connectivity index is 1.74. The van der Waals surface area contributed by atoms with Crippen molar-refractivity contribution in [3.63, 3.8) is 0 Å². The van der Waals surface area contributed by atoms with E-state index in [2.05, 4.69) is 5.48 Å². The van der Waals surface area contributed by atoms with Crippen LogP contribution in [0, 0.1) is 0 Å². The number of hydroxylamine groups is 1. The number of carbonyl (C=O) groups excluding carboxylic acids is 2. The summed E-state index contributed by atoms with van der Waals surface area (Å²) in [5, 5.41) is 0. The van der Waals surface area contributed by atoms with E-state index in [9.17, 15) is 9.59 Å². The Morgan fingerprint density at radius 3 is 2.52 bits per heavy atom. The van der Waals surface area contributed by atoms with Crippen molar-refractivity contribution in [2.24, 2.45) is 0 Å². The smallest absolute Gasteiger partial charge is 0.281 e. The highest BCUT2D eigenvalue weighted by Crippen LogP contribution is 2.15. The molecule has 1 amide bonds. The highest BCUT2D eigenvalue weighted by Gasteiger charge is 2.06. The maximum Gasteiger partial charge on any atom is 0.281 e. The molecule has 5 nitrogen and oxygen atoms in total. The van der Waals surface area contributed by atoms with Gasteiger partial charge in [0.25, 0.3) is 5.91 Å². The number of aldehydes is 1. The number of amides is 1. The van der Waals surface area contributed by atoms with Crippen molar-refractivity contribution >= 4 is 12.2 Å². The van der Waals surface area contributed by atoms with Gasteiger partial charge in [0.15, 0.2) is 12.9 Å². The van der Waals surface area contributed by atoms with Gasteiger partial charge in [-0.2, -0.15) is 0 Å². The van der Waals surface area contributed by atoms with Crippen LogP contribution in [0.2, 0.25) is 0 Å². The minimum absolute atomic E-state index is 0.223. The quantitative estimate of drug-likeness (QED) is 0.625. The van der Waals surface area contributed by atoms with E-state index < -0.39 is 5.91 Å². The Kier molecular flexibility index (Phi) is 5.49. The van der Waals surface area contributed by atoms with Crippen LogP contribution >= 0.6 is 0 Å². The Morgan fingerprint density at radius 2 is 1.76 bits per heavy atom. The number of hydrogen-bond donors (Lipinski definition) is 1. The second-order valence-corrected chi connectivity index (χ2v) is 4.24. The molecule has 0 bridgehead atoms. The van der Waals surface area contributed by atoms with Gasteiger partial charge in [-0.1, -0.05) is 42.5 Å². The average molecular weight is 285 g/mol. The Labute approximate surface area is 122 Å². The van der Waals surface area contributed by atoms with Gasteiger partial charge in [0.1, 0.15) is 5.75 Å². The van der Waals surface area contributed by atoms with Gasteiger partial charge in [0.05, 0.1) is 12.2 Å². The lowest BCUT2D eigenvalue weighted by Crippen LogP contribution is -2.29. The second-order valence-electron chi connectivity index (χ2n) is 4.24. The minimum atomic E-state index is -0.424. The van der Waals surface area contributed by atoms with Crippen molar-refractivity contribution in [2.45, 2.75) is 6.61 Å². The average Bonchev–Trinajstić information content (AvgIpc) is 2.54. The van der Waals surface area contributed by atoms with Crippen LogP contribution in [-0.4, -0.2) is 18.8 Å². The third-order valence-electron chi connectivity index (χ3n) is 2.67. The van der Waals surface area contributed by atoms with E-state index in [1.807, 2.05) is 30.3 Å². The molecule has 0 unspecified atom stereocenters. The van der Waals surface area contributed by atoms with Crippen LogP contribution < -0.4 is 10.2 Å². The van der Waals surface area contributed by atoms with Gasteiger partial charge in [-0.15, -0.1) is 0 Å². The summed E-state index contributed by atoms with van der Waals surface area (Å²) in [6.45, 7) is 0.0527.